The Hall–Kier alpha value is -1.46. The van der Waals surface area contributed by atoms with E-state index in [0.29, 0.717) is 17.8 Å². The van der Waals surface area contributed by atoms with Crippen LogP contribution in [0.4, 0.5) is 8.78 Å². The van der Waals surface area contributed by atoms with E-state index in [1.165, 1.54) is 12.5 Å². The molecule has 4 aliphatic rings. The van der Waals surface area contributed by atoms with Crippen LogP contribution in [0, 0.1) is 40.4 Å². The number of methoxy groups -OCH3 is 1. The van der Waals surface area contributed by atoms with E-state index in [1.807, 2.05) is 6.92 Å². The number of halogens is 2. The van der Waals surface area contributed by atoms with Crippen molar-refractivity contribution in [3.05, 3.63) is 11.6 Å². The molecular formula is C28H42F2O4. The molecule has 192 valence electrons. The summed E-state index contributed by atoms with van der Waals surface area (Å²) < 4.78 is 38.8. The molecule has 6 heteroatoms. The first-order valence-corrected chi connectivity index (χ1v) is 13.3. The summed E-state index contributed by atoms with van der Waals surface area (Å²) in [4.78, 5) is 23.2. The Kier molecular flexibility index (Phi) is 6.94. The predicted molar refractivity (Wildman–Crippen MR) is 126 cm³/mol. The highest BCUT2D eigenvalue weighted by atomic mass is 19.3. The lowest BCUT2D eigenvalue weighted by Crippen LogP contribution is -2.49. The van der Waals surface area contributed by atoms with Gasteiger partial charge in [0.1, 0.15) is 6.10 Å². The summed E-state index contributed by atoms with van der Waals surface area (Å²) in [6.07, 6.45) is 11.3. The van der Waals surface area contributed by atoms with E-state index in [9.17, 15) is 18.4 Å². The first-order chi connectivity index (χ1) is 15.9. The molecule has 0 unspecified atom stereocenters. The van der Waals surface area contributed by atoms with Crippen molar-refractivity contribution < 1.29 is 27.8 Å². The monoisotopic (exact) mass is 480 g/mol. The van der Waals surface area contributed by atoms with Crippen LogP contribution in [-0.2, 0) is 19.1 Å². The van der Waals surface area contributed by atoms with E-state index in [4.69, 9.17) is 4.74 Å². The van der Waals surface area contributed by atoms with Crippen LogP contribution in [0.25, 0.3) is 0 Å². The maximum absolute atomic E-state index is 14.4. The summed E-state index contributed by atoms with van der Waals surface area (Å²) in [5.41, 5.74) is 1.65. The largest absolute Gasteiger partial charge is 0.465 e. The highest BCUT2D eigenvalue weighted by Gasteiger charge is 2.59. The SMILES string of the molecule is COC(=O)C(F)(F)C[C@@H](C)[C@H]1CC[C@H]2[C@@H]3CC=C4C[C@@H](OC(C)=O)CCC[C@]4(C)[C@H]3CC[C@]12C. The van der Waals surface area contributed by atoms with Crippen LogP contribution >= 0.6 is 0 Å². The second-order valence-electron chi connectivity index (χ2n) is 12.2. The molecule has 4 aliphatic carbocycles. The van der Waals surface area contributed by atoms with E-state index in [1.54, 1.807) is 0 Å². The molecule has 0 aliphatic heterocycles. The summed E-state index contributed by atoms with van der Waals surface area (Å²) in [7, 11) is 1.03. The van der Waals surface area contributed by atoms with E-state index < -0.39 is 18.3 Å². The number of carbonyl (C=O) groups is 2. The maximum atomic E-state index is 14.4. The minimum Gasteiger partial charge on any atom is -0.465 e. The Labute approximate surface area is 203 Å². The number of ether oxygens (including phenoxy) is 2. The average molecular weight is 481 g/mol. The fourth-order valence-electron chi connectivity index (χ4n) is 8.95. The molecular weight excluding hydrogens is 438 g/mol. The number of carbonyl (C=O) groups excluding carboxylic acids is 2. The van der Waals surface area contributed by atoms with Crippen molar-refractivity contribution >= 4 is 11.9 Å². The van der Waals surface area contributed by atoms with Gasteiger partial charge in [-0.25, -0.2) is 4.79 Å². The molecule has 0 N–H and O–H groups in total. The first-order valence-electron chi connectivity index (χ1n) is 13.3. The van der Waals surface area contributed by atoms with Crippen LogP contribution in [0.2, 0.25) is 0 Å². The Balaban J connectivity index is 1.53. The van der Waals surface area contributed by atoms with Crippen molar-refractivity contribution in [2.45, 2.75) is 104 Å². The van der Waals surface area contributed by atoms with Gasteiger partial charge in [-0.3, -0.25) is 4.79 Å². The van der Waals surface area contributed by atoms with Gasteiger partial charge in [-0.2, -0.15) is 8.78 Å². The molecule has 0 bridgehead atoms. The van der Waals surface area contributed by atoms with Gasteiger partial charge in [0.05, 0.1) is 7.11 Å². The third-order valence-electron chi connectivity index (χ3n) is 10.5. The highest BCUT2D eigenvalue weighted by molar-refractivity contribution is 5.77. The molecule has 0 aromatic carbocycles. The molecule has 4 rings (SSSR count). The molecule has 0 spiro atoms. The molecule has 0 saturated heterocycles. The lowest BCUT2D eigenvalue weighted by Gasteiger charge is -2.57. The van der Waals surface area contributed by atoms with E-state index >= 15 is 0 Å². The van der Waals surface area contributed by atoms with Gasteiger partial charge in [0.15, 0.2) is 0 Å². The maximum Gasteiger partial charge on any atom is 0.376 e. The van der Waals surface area contributed by atoms with Crippen molar-refractivity contribution in [1.82, 2.24) is 0 Å². The van der Waals surface area contributed by atoms with E-state index in [2.05, 4.69) is 24.7 Å². The third kappa shape index (κ3) is 4.32. The Morgan fingerprint density at radius 3 is 2.56 bits per heavy atom. The summed E-state index contributed by atoms with van der Waals surface area (Å²) in [6.45, 7) is 8.17. The smallest absolute Gasteiger partial charge is 0.376 e. The van der Waals surface area contributed by atoms with Crippen molar-refractivity contribution in [1.29, 1.82) is 0 Å². The summed E-state index contributed by atoms with van der Waals surface area (Å²) >= 11 is 0. The molecule has 0 amide bonds. The van der Waals surface area contributed by atoms with Crippen LogP contribution in [0.3, 0.4) is 0 Å². The molecule has 34 heavy (non-hydrogen) atoms. The Bertz CT molecular complexity index is 838. The molecule has 0 radical (unpaired) electrons. The molecule has 3 saturated carbocycles. The fraction of sp³-hybridized carbons (Fsp3) is 0.857. The van der Waals surface area contributed by atoms with Gasteiger partial charge in [-0.1, -0.05) is 32.4 Å². The fourth-order valence-corrected chi connectivity index (χ4v) is 8.95. The van der Waals surface area contributed by atoms with Gasteiger partial charge in [-0.05, 0) is 91.8 Å². The van der Waals surface area contributed by atoms with Crippen molar-refractivity contribution in [2.75, 3.05) is 7.11 Å². The lowest BCUT2D eigenvalue weighted by atomic mass is 9.48. The zero-order valence-corrected chi connectivity index (χ0v) is 21.5. The lowest BCUT2D eigenvalue weighted by molar-refractivity contribution is -0.172. The number of hydrogen-bond acceptors (Lipinski definition) is 4. The number of alkyl halides is 2. The second-order valence-corrected chi connectivity index (χ2v) is 12.2. The topological polar surface area (TPSA) is 52.6 Å². The van der Waals surface area contributed by atoms with E-state index in [-0.39, 0.29) is 34.7 Å². The van der Waals surface area contributed by atoms with Gasteiger partial charge in [0.25, 0.3) is 0 Å². The molecule has 0 aromatic rings. The quantitative estimate of drug-likeness (QED) is 0.324. The molecule has 8 atom stereocenters. The van der Waals surface area contributed by atoms with Gasteiger partial charge >= 0.3 is 17.9 Å². The average Bonchev–Trinajstić information content (AvgIpc) is 3.02. The first kappa shape index (κ1) is 25.6. The summed E-state index contributed by atoms with van der Waals surface area (Å²) in [5, 5.41) is 0. The number of rotatable bonds is 5. The number of esters is 2. The molecule has 0 aromatic heterocycles. The van der Waals surface area contributed by atoms with Crippen LogP contribution in [0.5, 0.6) is 0 Å². The number of allylic oxidation sites excluding steroid dienone is 1. The minimum absolute atomic E-state index is 0.0100. The predicted octanol–water partition coefficient (Wildman–Crippen LogP) is 6.72. The van der Waals surface area contributed by atoms with E-state index in [0.717, 1.165) is 64.9 Å². The normalized spacial score (nSPS) is 40.7. The Morgan fingerprint density at radius 1 is 1.15 bits per heavy atom. The van der Waals surface area contributed by atoms with Crippen molar-refractivity contribution in [3.63, 3.8) is 0 Å². The standard InChI is InChI=1S/C28H42F2O4/c1-17(16-28(29,30)25(32)33-5)22-10-11-23-21-9-8-19-15-20(34-18(2)31)7-6-13-26(19,3)24(21)12-14-27(22,23)4/h8,17,20-24H,6-7,9-16H2,1-5H3/t17-,20+,21+,22-,23+,24+,26+,27-/m1/s1. The summed E-state index contributed by atoms with van der Waals surface area (Å²) in [6, 6.07) is 0. The highest BCUT2D eigenvalue weighted by Crippen LogP contribution is 2.67. The number of fused-ring (bicyclic) bond motifs is 5. The minimum atomic E-state index is -3.42. The number of hydrogen-bond donors (Lipinski definition) is 0. The molecule has 4 nitrogen and oxygen atoms in total. The van der Waals surface area contributed by atoms with Gasteiger partial charge in [0.2, 0.25) is 0 Å². The van der Waals surface area contributed by atoms with Gasteiger partial charge in [-0.15, -0.1) is 0 Å². The van der Waals surface area contributed by atoms with Crippen LogP contribution in [0.15, 0.2) is 11.6 Å². The Morgan fingerprint density at radius 2 is 1.88 bits per heavy atom. The van der Waals surface area contributed by atoms with Crippen LogP contribution < -0.4 is 0 Å². The second kappa shape index (κ2) is 9.20. The van der Waals surface area contributed by atoms with Gasteiger partial charge < -0.3 is 9.47 Å². The van der Waals surface area contributed by atoms with Crippen LogP contribution in [-0.4, -0.2) is 31.1 Å². The third-order valence-corrected chi connectivity index (χ3v) is 10.5. The zero-order valence-electron chi connectivity index (χ0n) is 21.5. The van der Waals surface area contributed by atoms with Crippen molar-refractivity contribution in [2.24, 2.45) is 40.4 Å². The van der Waals surface area contributed by atoms with Gasteiger partial charge in [0, 0.05) is 19.8 Å². The van der Waals surface area contributed by atoms with Crippen LogP contribution in [0.1, 0.15) is 91.9 Å². The zero-order chi connectivity index (χ0) is 24.9. The summed E-state index contributed by atoms with van der Waals surface area (Å²) in [5.74, 6) is -3.34. The molecule has 3 fully saturated rings. The van der Waals surface area contributed by atoms with Crippen molar-refractivity contribution in [3.8, 4) is 0 Å². The molecule has 0 heterocycles.